The Balaban J connectivity index is 3.50. The minimum absolute atomic E-state index is 1.64. The van der Waals surface area contributed by atoms with Crippen LogP contribution in [0.2, 0.25) is 0 Å². The maximum absolute atomic E-state index is 9.34. The van der Waals surface area contributed by atoms with Crippen molar-refractivity contribution in [2.75, 3.05) is 0 Å². The van der Waals surface area contributed by atoms with Crippen molar-refractivity contribution < 1.29 is 8.76 Å². The Morgan fingerprint density at radius 3 is 2.33 bits per heavy atom. The molecule has 4 heteroatoms. The molecule has 0 bridgehead atoms. The van der Waals surface area contributed by atoms with E-state index in [1.165, 1.54) is 0 Å². The van der Waals surface area contributed by atoms with Crippen LogP contribution < -0.4 is 0 Å². The molecular weight excluding hydrogens is 124 g/mol. The van der Waals surface area contributed by atoms with Crippen LogP contribution in [0.15, 0.2) is 0 Å². The summed E-state index contributed by atoms with van der Waals surface area (Å²) in [5.41, 5.74) is 0. The van der Waals surface area contributed by atoms with Gasteiger partial charge in [-0.2, -0.15) is 0 Å². The molecule has 0 saturated heterocycles. The summed E-state index contributed by atoms with van der Waals surface area (Å²) >= 11 is 2.33. The van der Waals surface area contributed by atoms with Gasteiger partial charge in [0.1, 0.15) is 0 Å². The van der Waals surface area contributed by atoms with Crippen LogP contribution in [0.3, 0.4) is 0 Å². The molecule has 0 saturated carbocycles. The summed E-state index contributed by atoms with van der Waals surface area (Å²) < 4.78 is 18.7. The molecule has 0 N–H and O–H groups in total. The van der Waals surface area contributed by atoms with E-state index in [1.54, 1.807) is 10.6 Å². The largest absolute Gasteiger partial charge is 0.762 e. The van der Waals surface area contributed by atoms with Gasteiger partial charge in [-0.05, 0) is 11.6 Å². The summed E-state index contributed by atoms with van der Waals surface area (Å²) in [4.78, 5) is 0. The van der Waals surface area contributed by atoms with E-state index in [-0.39, 0.29) is 0 Å². The molecule has 0 aromatic rings. The van der Waals surface area contributed by atoms with Crippen LogP contribution in [0.5, 0.6) is 0 Å². The Bertz CT molecular complexity index is 110. The van der Waals surface area contributed by atoms with E-state index in [1.807, 2.05) is 0 Å². The first kappa shape index (κ1) is 5.96. The fraction of sp³-hybridized carbons (Fsp3) is 0. The zero-order valence-electron chi connectivity index (χ0n) is 2.60. The molecule has 1 unspecified atom stereocenters. The van der Waals surface area contributed by atoms with Crippen molar-refractivity contribution in [1.29, 1.82) is 0 Å². The van der Waals surface area contributed by atoms with Crippen molar-refractivity contribution in [3.05, 3.63) is 0 Å². The number of hydrogen-bond donors (Lipinski definition) is 0. The second-order valence-corrected chi connectivity index (χ2v) is 1.29. The third kappa shape index (κ3) is 3.96. The second-order valence-electron chi connectivity index (χ2n) is 0.431. The van der Waals surface area contributed by atoms with Gasteiger partial charge in [-0.25, -0.2) is 0 Å². The summed E-state index contributed by atoms with van der Waals surface area (Å²) in [6.45, 7) is 0. The highest BCUT2D eigenvalue weighted by atomic mass is 35.5. The molecule has 1 atom stereocenters. The van der Waals surface area contributed by atoms with Gasteiger partial charge in [-0.15, -0.1) is 0 Å². The van der Waals surface area contributed by atoms with E-state index in [2.05, 4.69) is 11.6 Å². The smallest absolute Gasteiger partial charge is 0.0259 e. The van der Waals surface area contributed by atoms with Crippen molar-refractivity contribution in [3.8, 4) is 10.6 Å². The van der Waals surface area contributed by atoms with Crippen LogP contribution >= 0.6 is 11.6 Å². The van der Waals surface area contributed by atoms with Crippen molar-refractivity contribution in [1.82, 2.24) is 0 Å². The predicted octanol–water partition coefficient (Wildman–Crippen LogP) is 0.0227. The average Bonchev–Trinajstić information content (AvgIpc) is 1.35. The molecule has 6 heavy (non-hydrogen) atoms. The highest BCUT2D eigenvalue weighted by Gasteiger charge is 1.57. The quantitative estimate of drug-likeness (QED) is 0.337. The monoisotopic (exact) mass is 123 g/mol. The van der Waals surface area contributed by atoms with Gasteiger partial charge in [0, 0.05) is 21.7 Å². The van der Waals surface area contributed by atoms with E-state index in [0.29, 0.717) is 0 Å². The van der Waals surface area contributed by atoms with Crippen LogP contribution in [0.25, 0.3) is 0 Å². The van der Waals surface area contributed by atoms with Crippen LogP contribution in [0.4, 0.5) is 0 Å². The summed E-state index contributed by atoms with van der Waals surface area (Å²) in [5, 5.41) is 3.32. The first-order valence-electron chi connectivity index (χ1n) is 0.976. The number of halogens is 1. The molecule has 34 valence electrons. The fourth-order valence-corrected chi connectivity index (χ4v) is 0.283. The van der Waals surface area contributed by atoms with Crippen LogP contribution in [0.1, 0.15) is 0 Å². The number of hydrogen-bond acceptors (Lipinski definition) is 2. The van der Waals surface area contributed by atoms with Gasteiger partial charge in [0.25, 0.3) is 0 Å². The molecule has 0 aliphatic heterocycles. The Morgan fingerprint density at radius 1 is 1.83 bits per heavy atom. The molecule has 0 rings (SSSR count). The first-order chi connectivity index (χ1) is 2.77. The first-order valence-corrected chi connectivity index (χ1v) is 2.43. The van der Waals surface area contributed by atoms with E-state index >= 15 is 0 Å². The minimum atomic E-state index is -2.31. The van der Waals surface area contributed by atoms with E-state index in [0.717, 1.165) is 0 Å². The fourth-order valence-electron chi connectivity index (χ4n) is 0.0315. The molecule has 0 heterocycles. The molecule has 0 spiro atoms. The van der Waals surface area contributed by atoms with E-state index < -0.39 is 11.1 Å². The second kappa shape index (κ2) is 3.16. The summed E-state index contributed by atoms with van der Waals surface area (Å²) in [6, 6.07) is 0. The Morgan fingerprint density at radius 2 is 2.33 bits per heavy atom. The van der Waals surface area contributed by atoms with E-state index in [4.69, 9.17) is 0 Å². The van der Waals surface area contributed by atoms with Gasteiger partial charge >= 0.3 is 0 Å². The molecular formula is C2ClO2S-. The highest BCUT2D eigenvalue weighted by molar-refractivity contribution is 7.84. The Kier molecular flexibility index (Phi) is 3.14. The summed E-state index contributed by atoms with van der Waals surface area (Å²) in [5.74, 6) is 0. The molecule has 0 aliphatic carbocycles. The predicted molar refractivity (Wildman–Crippen MR) is 22.5 cm³/mol. The topological polar surface area (TPSA) is 40.1 Å². The van der Waals surface area contributed by atoms with Crippen molar-refractivity contribution in [2.24, 2.45) is 0 Å². The molecule has 2 nitrogen and oxygen atoms in total. The molecule has 0 fully saturated rings. The highest BCUT2D eigenvalue weighted by Crippen LogP contribution is 1.66. The Hall–Kier alpha value is -0.0400. The normalized spacial score (nSPS) is 11.7. The van der Waals surface area contributed by atoms with Gasteiger partial charge in [0.15, 0.2) is 0 Å². The molecule has 0 amide bonds. The van der Waals surface area contributed by atoms with Crippen molar-refractivity contribution in [3.63, 3.8) is 0 Å². The molecule has 0 aromatic heterocycles. The average molecular weight is 124 g/mol. The third-order valence-corrected chi connectivity index (χ3v) is 0.597. The van der Waals surface area contributed by atoms with Gasteiger partial charge in [-0.1, -0.05) is 0 Å². The number of rotatable bonds is 0. The van der Waals surface area contributed by atoms with Crippen molar-refractivity contribution >= 4 is 22.7 Å². The maximum atomic E-state index is 9.34. The maximum Gasteiger partial charge on any atom is 0.0259 e. The lowest BCUT2D eigenvalue weighted by Crippen LogP contribution is -1.74. The van der Waals surface area contributed by atoms with Crippen LogP contribution in [-0.2, 0) is 11.1 Å². The third-order valence-electron chi connectivity index (χ3n) is 0.122. The minimum Gasteiger partial charge on any atom is -0.762 e. The standard InChI is InChI=1S/C2HClO2S/c3-1-2-6(4)5/h(H,4,5)/p-1. The summed E-state index contributed by atoms with van der Waals surface area (Å²) in [7, 11) is 0. The van der Waals surface area contributed by atoms with Crippen LogP contribution in [-0.4, -0.2) is 8.76 Å². The molecule has 0 aromatic carbocycles. The zero-order chi connectivity index (χ0) is 4.99. The van der Waals surface area contributed by atoms with Gasteiger partial charge in [0.2, 0.25) is 0 Å². The Labute approximate surface area is 42.8 Å². The molecule has 0 radical (unpaired) electrons. The zero-order valence-corrected chi connectivity index (χ0v) is 4.18. The van der Waals surface area contributed by atoms with E-state index in [9.17, 15) is 8.76 Å². The SMILES string of the molecule is O=S([O-])C#CCl. The molecule has 0 aliphatic rings. The van der Waals surface area contributed by atoms with Gasteiger partial charge in [-0.3, -0.25) is 4.21 Å². The van der Waals surface area contributed by atoms with Crippen LogP contribution in [0, 0.1) is 10.6 Å². The van der Waals surface area contributed by atoms with Gasteiger partial charge in [0.05, 0.1) is 0 Å². The lowest BCUT2D eigenvalue weighted by Gasteiger charge is -1.84. The summed E-state index contributed by atoms with van der Waals surface area (Å²) in [6.07, 6.45) is 0. The lowest BCUT2D eigenvalue weighted by molar-refractivity contribution is 0.548. The van der Waals surface area contributed by atoms with Gasteiger partial charge < -0.3 is 4.55 Å². The van der Waals surface area contributed by atoms with Crippen molar-refractivity contribution in [2.45, 2.75) is 0 Å². The lowest BCUT2D eigenvalue weighted by atomic mass is 11.4.